The fourth-order valence-corrected chi connectivity index (χ4v) is 8.30. The van der Waals surface area contributed by atoms with E-state index in [1.165, 1.54) is 248 Å². The number of unbranched alkanes of at least 4 members (excludes halogenated alkanes) is 40. The van der Waals surface area contributed by atoms with Crippen molar-refractivity contribution in [2.45, 2.75) is 334 Å². The second kappa shape index (κ2) is 66.8. The van der Waals surface area contributed by atoms with E-state index in [4.69, 9.17) is 0 Å². The van der Waals surface area contributed by atoms with Gasteiger partial charge in [-0.15, -0.1) is 0 Å². The molecule has 0 aromatic heterocycles. The second-order valence-corrected chi connectivity index (χ2v) is 19.7. The van der Waals surface area contributed by atoms with Gasteiger partial charge >= 0.3 is 85.3 Å². The molecule has 6 nitrogen and oxygen atoms in total. The van der Waals surface area contributed by atoms with Gasteiger partial charge < -0.3 is 29.7 Å². The number of carbonyl (C=O) groups excluding carboxylic acids is 3. The predicted octanol–water partition coefficient (Wildman–Crippen LogP) is 15.2. The van der Waals surface area contributed by atoms with Gasteiger partial charge in [0.25, 0.3) is 0 Å². The molecule has 0 aliphatic carbocycles. The average molecular weight is 984 g/mol. The molecular weight excluding hydrogens is 875 g/mol. The fraction of sp³-hybridized carbons (Fsp3) is 0.945. The van der Waals surface area contributed by atoms with Crippen LogP contribution in [0.4, 0.5) is 0 Å². The molecule has 0 aromatic rings. The Morgan fingerprint density at radius 1 is 0.242 bits per heavy atom. The first-order valence-corrected chi connectivity index (χ1v) is 29.5. The molecule has 0 fully saturated rings. The van der Waals surface area contributed by atoms with Gasteiger partial charge in [0, 0.05) is 17.9 Å². The van der Waals surface area contributed by atoms with E-state index in [0.29, 0.717) is 0 Å². The zero-order valence-corrected chi connectivity index (χ0v) is 45.2. The van der Waals surface area contributed by atoms with E-state index < -0.39 is 17.9 Å². The van der Waals surface area contributed by atoms with Crippen molar-refractivity contribution in [2.75, 3.05) is 0 Å². The molecule has 0 saturated carbocycles. The van der Waals surface area contributed by atoms with Gasteiger partial charge in [0.1, 0.15) is 0 Å². The number of hydrogen-bond acceptors (Lipinski definition) is 6. The molecule has 0 aliphatic heterocycles. The minimum absolute atomic E-state index is 0.234. The molecule has 0 spiro atoms. The van der Waals surface area contributed by atoms with E-state index in [0.717, 1.165) is 38.5 Å². The van der Waals surface area contributed by atoms with Crippen molar-refractivity contribution in [3.8, 4) is 0 Å². The van der Waals surface area contributed by atoms with Gasteiger partial charge in [-0.25, -0.2) is 0 Å². The zero-order chi connectivity index (χ0) is 46.7. The van der Waals surface area contributed by atoms with Crippen molar-refractivity contribution in [1.29, 1.82) is 0 Å². The van der Waals surface area contributed by atoms with Gasteiger partial charge in [-0.2, -0.15) is 0 Å². The zero-order valence-electron chi connectivity index (χ0n) is 42.4. The SMILES string of the molecule is CCCCCCCCCCCCCCC(=O)[O-].CCCCCCCCCCCCCCC(=O)[O-].CCCCCCCCCCCCCCC(=O)[O-].CCCCCCCCC[CH2][Sn+3]. The molecule has 0 N–H and O–H groups in total. The Balaban J connectivity index is -0.000000366. The van der Waals surface area contributed by atoms with Crippen LogP contribution >= 0.6 is 0 Å². The van der Waals surface area contributed by atoms with Crippen LogP contribution in [0.25, 0.3) is 0 Å². The van der Waals surface area contributed by atoms with Crippen LogP contribution in [0, 0.1) is 0 Å². The number of rotatable bonds is 47. The van der Waals surface area contributed by atoms with Crippen molar-refractivity contribution in [2.24, 2.45) is 0 Å². The van der Waals surface area contributed by atoms with Crippen molar-refractivity contribution in [3.63, 3.8) is 0 Å². The first-order chi connectivity index (χ1) is 30.2. The van der Waals surface area contributed by atoms with Gasteiger partial charge in [-0.05, 0) is 38.5 Å². The molecule has 0 unspecified atom stereocenters. The van der Waals surface area contributed by atoms with Crippen molar-refractivity contribution < 1.29 is 29.7 Å². The molecule has 0 radical (unpaired) electrons. The summed E-state index contributed by atoms with van der Waals surface area (Å²) >= 11 is 1.71. The standard InChI is InChI=1S/3C15H30O2.C10H21.Sn/c3*1-2-3-4-5-6-7-8-9-10-11-12-13-14-15(16)17;1-3-5-7-9-10-8-6-4-2;/h3*2-14H2,1H3,(H,16,17);1,3-10H2,2H3;/q;;;;+3/p-3. The topological polar surface area (TPSA) is 120 Å². The molecule has 62 heavy (non-hydrogen) atoms. The van der Waals surface area contributed by atoms with E-state index in [2.05, 4.69) is 27.7 Å². The molecule has 0 heterocycles. The molecule has 0 bridgehead atoms. The molecule has 368 valence electrons. The Morgan fingerprint density at radius 3 is 0.500 bits per heavy atom. The minimum atomic E-state index is -0.905. The summed E-state index contributed by atoms with van der Waals surface area (Å²) in [6.45, 7) is 9.03. The summed E-state index contributed by atoms with van der Waals surface area (Å²) in [7, 11) is 0. The Bertz CT molecular complexity index is 723. The van der Waals surface area contributed by atoms with Gasteiger partial charge in [0.15, 0.2) is 0 Å². The normalized spacial score (nSPS) is 10.6. The summed E-state index contributed by atoms with van der Waals surface area (Å²) in [5.74, 6) is -2.72. The summed E-state index contributed by atoms with van der Waals surface area (Å²) in [5.41, 5.74) is 0. The van der Waals surface area contributed by atoms with Gasteiger partial charge in [0.05, 0.1) is 0 Å². The van der Waals surface area contributed by atoms with Crippen LogP contribution in [0.2, 0.25) is 4.44 Å². The third-order valence-corrected chi connectivity index (χ3v) is 12.7. The summed E-state index contributed by atoms with van der Waals surface area (Å²) in [6, 6.07) is 0. The second-order valence-electron chi connectivity index (χ2n) is 18.3. The van der Waals surface area contributed by atoms with Crippen LogP contribution < -0.4 is 15.3 Å². The Labute approximate surface area is 402 Å². The van der Waals surface area contributed by atoms with Gasteiger partial charge in [-0.1, -0.05) is 233 Å². The van der Waals surface area contributed by atoms with Crippen LogP contribution in [-0.4, -0.2) is 40.4 Å². The van der Waals surface area contributed by atoms with E-state index in [1.54, 1.807) is 22.5 Å². The molecule has 0 rings (SSSR count). The van der Waals surface area contributed by atoms with E-state index in [-0.39, 0.29) is 19.3 Å². The number of hydrogen-bond donors (Lipinski definition) is 0. The Hall–Kier alpha value is -0.791. The number of carboxylic acid groups (broad SMARTS) is 3. The van der Waals surface area contributed by atoms with E-state index in [9.17, 15) is 29.7 Å². The third kappa shape index (κ3) is 82.8. The fourth-order valence-electron chi connectivity index (χ4n) is 7.59. The Kier molecular flexibility index (Phi) is 73.1. The number of aliphatic carboxylic acids is 3. The molecule has 0 amide bonds. The van der Waals surface area contributed by atoms with E-state index in [1.807, 2.05) is 0 Å². The van der Waals surface area contributed by atoms with Gasteiger partial charge in [-0.3, -0.25) is 0 Å². The van der Waals surface area contributed by atoms with Crippen molar-refractivity contribution in [3.05, 3.63) is 0 Å². The molecular formula is C55H108O6Sn. The van der Waals surface area contributed by atoms with Crippen LogP contribution in [0.5, 0.6) is 0 Å². The molecule has 0 saturated heterocycles. The predicted molar refractivity (Wildman–Crippen MR) is 265 cm³/mol. The van der Waals surface area contributed by atoms with Crippen LogP contribution in [-0.2, 0) is 14.4 Å². The quantitative estimate of drug-likeness (QED) is 0.0442. The average Bonchev–Trinajstić information content (AvgIpc) is 3.25. The third-order valence-electron chi connectivity index (χ3n) is 11.7. The van der Waals surface area contributed by atoms with Crippen molar-refractivity contribution in [1.82, 2.24) is 0 Å². The Morgan fingerprint density at radius 2 is 0.371 bits per heavy atom. The monoisotopic (exact) mass is 985 g/mol. The number of carboxylic acids is 3. The number of carbonyl (C=O) groups is 3. The summed E-state index contributed by atoms with van der Waals surface area (Å²) < 4.78 is 1.46. The van der Waals surface area contributed by atoms with Crippen molar-refractivity contribution >= 4 is 40.4 Å². The first kappa shape index (κ1) is 67.8. The molecule has 0 atom stereocenters. The van der Waals surface area contributed by atoms with Crippen LogP contribution in [0.15, 0.2) is 0 Å². The summed E-state index contributed by atoms with van der Waals surface area (Å²) in [5, 5.41) is 30.5. The summed E-state index contributed by atoms with van der Waals surface area (Å²) in [6.07, 6.45) is 58.1. The first-order valence-electron chi connectivity index (χ1n) is 27.5. The maximum atomic E-state index is 10.2. The molecule has 7 heteroatoms. The maximum absolute atomic E-state index is 10.2. The molecule has 0 aromatic carbocycles. The molecule has 0 aliphatic rings. The van der Waals surface area contributed by atoms with Crippen LogP contribution in [0.1, 0.15) is 329 Å². The van der Waals surface area contributed by atoms with E-state index >= 15 is 0 Å². The van der Waals surface area contributed by atoms with Gasteiger partial charge in [0.2, 0.25) is 0 Å². The van der Waals surface area contributed by atoms with Crippen LogP contribution in [0.3, 0.4) is 0 Å². The summed E-state index contributed by atoms with van der Waals surface area (Å²) in [4.78, 5) is 30.5.